The van der Waals surface area contributed by atoms with Gasteiger partial charge >= 0.3 is 0 Å². The summed E-state index contributed by atoms with van der Waals surface area (Å²) in [5.74, 6) is 1.87. The molecule has 1 saturated heterocycles. The number of aromatic nitrogens is 2. The molecule has 1 fully saturated rings. The SMILES string of the molecule is CCN(CC)CCN(CC(=O)N1CCN(c2ccc(-c3ccc(OC)cc3OC)nn2)CC1)C(=O)c1ccc(Cl)cc1. The molecule has 3 aromatic rings. The highest BCUT2D eigenvalue weighted by Crippen LogP contribution is 2.32. The fourth-order valence-electron chi connectivity index (χ4n) is 4.93. The van der Waals surface area contributed by atoms with Gasteiger partial charge in [0.05, 0.1) is 19.9 Å². The number of carbonyl (C=O) groups is 2. The van der Waals surface area contributed by atoms with Gasteiger partial charge in [-0.25, -0.2) is 0 Å². The smallest absolute Gasteiger partial charge is 0.254 e. The molecule has 0 N–H and O–H groups in total. The van der Waals surface area contributed by atoms with Crippen LogP contribution in [0.25, 0.3) is 11.3 Å². The summed E-state index contributed by atoms with van der Waals surface area (Å²) in [5.41, 5.74) is 2.04. The Morgan fingerprint density at radius 1 is 0.881 bits per heavy atom. The van der Waals surface area contributed by atoms with Crippen molar-refractivity contribution in [2.45, 2.75) is 13.8 Å². The molecule has 0 aliphatic carbocycles. The monoisotopic (exact) mass is 594 g/mol. The average Bonchev–Trinajstić information content (AvgIpc) is 3.04. The van der Waals surface area contributed by atoms with Gasteiger partial charge in [-0.2, -0.15) is 0 Å². The zero-order valence-corrected chi connectivity index (χ0v) is 25.5. The van der Waals surface area contributed by atoms with E-state index in [4.69, 9.17) is 21.1 Å². The number of hydrogen-bond acceptors (Lipinski definition) is 8. The van der Waals surface area contributed by atoms with Gasteiger partial charge in [-0.3, -0.25) is 9.59 Å². The lowest BCUT2D eigenvalue weighted by atomic mass is 10.1. The van der Waals surface area contributed by atoms with E-state index in [0.29, 0.717) is 67.0 Å². The predicted molar refractivity (Wildman–Crippen MR) is 165 cm³/mol. The molecule has 11 heteroatoms. The van der Waals surface area contributed by atoms with E-state index in [2.05, 4.69) is 33.8 Å². The maximum Gasteiger partial charge on any atom is 0.254 e. The lowest BCUT2D eigenvalue weighted by Crippen LogP contribution is -2.52. The van der Waals surface area contributed by atoms with Crippen LogP contribution in [0, 0.1) is 0 Å². The molecule has 0 unspecified atom stereocenters. The van der Waals surface area contributed by atoms with Crippen LogP contribution < -0.4 is 14.4 Å². The number of halogens is 1. The number of piperazine rings is 1. The lowest BCUT2D eigenvalue weighted by Gasteiger charge is -2.36. The number of anilines is 1. The van der Waals surface area contributed by atoms with E-state index < -0.39 is 0 Å². The minimum absolute atomic E-state index is 0.0287. The van der Waals surface area contributed by atoms with E-state index in [1.165, 1.54) is 0 Å². The molecule has 0 radical (unpaired) electrons. The molecule has 224 valence electrons. The van der Waals surface area contributed by atoms with Crippen LogP contribution in [0.1, 0.15) is 24.2 Å². The van der Waals surface area contributed by atoms with Crippen LogP contribution in [0.4, 0.5) is 5.82 Å². The standard InChI is InChI=1S/C31H39ClN6O4/c1-5-35(6-2)15-16-38(31(40)23-7-9-24(32)10-8-23)22-30(39)37-19-17-36(18-20-37)29-14-13-27(33-34-29)26-12-11-25(41-3)21-28(26)42-4/h7-14,21H,5-6,15-20,22H2,1-4H3. The van der Waals surface area contributed by atoms with Crippen molar-refractivity contribution < 1.29 is 19.1 Å². The van der Waals surface area contributed by atoms with Gasteiger partial charge in [-0.1, -0.05) is 25.4 Å². The Kier molecular flexibility index (Phi) is 11.0. The lowest BCUT2D eigenvalue weighted by molar-refractivity contribution is -0.132. The number of rotatable bonds is 12. The topological polar surface area (TPSA) is 91.3 Å². The van der Waals surface area contributed by atoms with Crippen LogP contribution >= 0.6 is 11.6 Å². The Morgan fingerprint density at radius 3 is 2.19 bits per heavy atom. The van der Waals surface area contributed by atoms with Crippen molar-refractivity contribution in [1.29, 1.82) is 0 Å². The highest BCUT2D eigenvalue weighted by atomic mass is 35.5. The molecule has 1 aliphatic rings. The van der Waals surface area contributed by atoms with Gasteiger partial charge in [0.25, 0.3) is 5.91 Å². The van der Waals surface area contributed by atoms with Crippen molar-refractivity contribution in [2.24, 2.45) is 0 Å². The summed E-state index contributed by atoms with van der Waals surface area (Å²) in [6.45, 7) is 9.45. The zero-order chi connectivity index (χ0) is 30.1. The van der Waals surface area contributed by atoms with Crippen molar-refractivity contribution >= 4 is 29.2 Å². The largest absolute Gasteiger partial charge is 0.497 e. The average molecular weight is 595 g/mol. The van der Waals surface area contributed by atoms with Crippen LogP contribution in [0.5, 0.6) is 11.5 Å². The maximum absolute atomic E-state index is 13.4. The Morgan fingerprint density at radius 2 is 1.60 bits per heavy atom. The summed E-state index contributed by atoms with van der Waals surface area (Å²) in [6, 6.07) is 16.2. The third-order valence-corrected chi connectivity index (χ3v) is 7.83. The van der Waals surface area contributed by atoms with E-state index in [1.807, 2.05) is 35.2 Å². The summed E-state index contributed by atoms with van der Waals surface area (Å²) < 4.78 is 10.8. The molecule has 0 spiro atoms. The molecule has 2 heterocycles. The minimum Gasteiger partial charge on any atom is -0.497 e. The van der Waals surface area contributed by atoms with Gasteiger partial charge in [0, 0.05) is 61.5 Å². The summed E-state index contributed by atoms with van der Waals surface area (Å²) in [7, 11) is 3.22. The van der Waals surface area contributed by atoms with Crippen LogP contribution in [-0.4, -0.2) is 110 Å². The molecular formula is C31H39ClN6O4. The second-order valence-electron chi connectivity index (χ2n) is 9.97. The molecule has 1 aromatic heterocycles. The summed E-state index contributed by atoms with van der Waals surface area (Å²) in [4.78, 5) is 34.5. The van der Waals surface area contributed by atoms with Gasteiger partial charge < -0.3 is 29.1 Å². The number of benzene rings is 2. The fraction of sp³-hybridized carbons (Fsp3) is 0.419. The molecule has 10 nitrogen and oxygen atoms in total. The molecular weight excluding hydrogens is 556 g/mol. The quantitative estimate of drug-likeness (QED) is 0.311. The number of carbonyl (C=O) groups excluding carboxylic acids is 2. The van der Waals surface area contributed by atoms with Crippen LogP contribution in [0.3, 0.4) is 0 Å². The third kappa shape index (κ3) is 7.68. The Bertz CT molecular complexity index is 1330. The maximum atomic E-state index is 13.4. The van der Waals surface area contributed by atoms with E-state index in [1.54, 1.807) is 43.4 Å². The number of ether oxygens (including phenoxy) is 2. The van der Waals surface area contributed by atoms with Crippen molar-refractivity contribution in [3.8, 4) is 22.8 Å². The molecule has 42 heavy (non-hydrogen) atoms. The number of likely N-dealkylation sites (N-methyl/N-ethyl adjacent to an activating group) is 1. The van der Waals surface area contributed by atoms with Crippen LogP contribution in [0.15, 0.2) is 54.6 Å². The van der Waals surface area contributed by atoms with Crippen molar-refractivity contribution in [3.63, 3.8) is 0 Å². The highest BCUT2D eigenvalue weighted by Gasteiger charge is 2.26. The minimum atomic E-state index is -0.172. The first-order chi connectivity index (χ1) is 20.4. The van der Waals surface area contributed by atoms with Crippen molar-refractivity contribution in [2.75, 3.05) is 78.0 Å². The molecule has 2 aromatic carbocycles. The number of amides is 2. The van der Waals surface area contributed by atoms with Gasteiger partial charge in [0.1, 0.15) is 18.0 Å². The van der Waals surface area contributed by atoms with Gasteiger partial charge in [-0.05, 0) is 61.6 Å². The van der Waals surface area contributed by atoms with Crippen LogP contribution in [-0.2, 0) is 4.79 Å². The second-order valence-corrected chi connectivity index (χ2v) is 10.4. The Labute approximate surface area is 252 Å². The van der Waals surface area contributed by atoms with Crippen LogP contribution in [0.2, 0.25) is 5.02 Å². The van der Waals surface area contributed by atoms with Crippen molar-refractivity contribution in [1.82, 2.24) is 24.9 Å². The van der Waals surface area contributed by atoms with Gasteiger partial charge in [-0.15, -0.1) is 10.2 Å². The molecule has 0 saturated carbocycles. The van der Waals surface area contributed by atoms with Gasteiger partial charge in [0.2, 0.25) is 5.91 Å². The normalized spacial score (nSPS) is 13.3. The number of hydrogen-bond donors (Lipinski definition) is 0. The van der Waals surface area contributed by atoms with E-state index in [-0.39, 0.29) is 18.4 Å². The number of nitrogens with zero attached hydrogens (tertiary/aromatic N) is 6. The first kappa shape index (κ1) is 31.1. The predicted octanol–water partition coefficient (Wildman–Crippen LogP) is 3.95. The third-order valence-electron chi connectivity index (χ3n) is 7.58. The first-order valence-electron chi connectivity index (χ1n) is 14.2. The molecule has 2 amide bonds. The summed E-state index contributed by atoms with van der Waals surface area (Å²) in [6.07, 6.45) is 0. The van der Waals surface area contributed by atoms with E-state index in [9.17, 15) is 9.59 Å². The van der Waals surface area contributed by atoms with Crippen molar-refractivity contribution in [3.05, 3.63) is 65.2 Å². The zero-order valence-electron chi connectivity index (χ0n) is 24.8. The summed E-state index contributed by atoms with van der Waals surface area (Å²) >= 11 is 6.02. The summed E-state index contributed by atoms with van der Waals surface area (Å²) in [5, 5.41) is 9.45. The van der Waals surface area contributed by atoms with E-state index >= 15 is 0 Å². The highest BCUT2D eigenvalue weighted by molar-refractivity contribution is 6.30. The second kappa shape index (κ2) is 14.8. The molecule has 0 atom stereocenters. The number of methoxy groups -OCH3 is 2. The molecule has 4 rings (SSSR count). The molecule has 1 aliphatic heterocycles. The molecule has 0 bridgehead atoms. The van der Waals surface area contributed by atoms with E-state index in [0.717, 1.165) is 24.5 Å². The first-order valence-corrected chi connectivity index (χ1v) is 14.6. The Hall–Kier alpha value is -3.89. The fourth-order valence-corrected chi connectivity index (χ4v) is 5.05. The van der Waals surface area contributed by atoms with Gasteiger partial charge in [0.15, 0.2) is 5.82 Å². The Balaban J connectivity index is 1.37.